The lowest BCUT2D eigenvalue weighted by Gasteiger charge is -2.20. The van der Waals surface area contributed by atoms with E-state index in [2.05, 4.69) is 15.6 Å². The highest BCUT2D eigenvalue weighted by Crippen LogP contribution is 2.04. The maximum atomic E-state index is 12.4. The highest BCUT2D eigenvalue weighted by Gasteiger charge is 2.11. The molecule has 1 aromatic carbocycles. The Hall–Kier alpha value is -1.35. The van der Waals surface area contributed by atoms with Gasteiger partial charge in [-0.05, 0) is 19.4 Å². The van der Waals surface area contributed by atoms with Gasteiger partial charge in [-0.15, -0.1) is 24.0 Å². The average molecular weight is 448 g/mol. The fourth-order valence-corrected chi connectivity index (χ4v) is 2.04. The van der Waals surface area contributed by atoms with Crippen LogP contribution in [0.15, 0.2) is 35.3 Å². The predicted octanol–water partition coefficient (Wildman–Crippen LogP) is 1.85. The van der Waals surface area contributed by atoms with E-state index in [4.69, 9.17) is 4.74 Å². The van der Waals surface area contributed by atoms with Crippen LogP contribution in [0.2, 0.25) is 0 Å². The molecule has 1 rings (SSSR count). The molecule has 0 saturated heterocycles. The molecule has 0 spiro atoms. The molecule has 0 atom stereocenters. The Morgan fingerprint density at radius 2 is 1.92 bits per heavy atom. The van der Waals surface area contributed by atoms with Gasteiger partial charge in [-0.3, -0.25) is 4.79 Å². The lowest BCUT2D eigenvalue weighted by molar-refractivity contribution is -0.130. The number of aliphatic imine (C=N–C) groups is 1. The summed E-state index contributed by atoms with van der Waals surface area (Å²) in [5, 5.41) is 6.24. The van der Waals surface area contributed by atoms with Crippen molar-refractivity contribution >= 4 is 35.8 Å². The molecule has 24 heavy (non-hydrogen) atoms. The van der Waals surface area contributed by atoms with Gasteiger partial charge in [0.15, 0.2) is 5.96 Å². The molecular weight excluding hydrogens is 419 g/mol. The van der Waals surface area contributed by atoms with Crippen LogP contribution in [-0.4, -0.2) is 56.7 Å². The second-order valence-corrected chi connectivity index (χ2v) is 5.01. The number of benzene rings is 1. The summed E-state index contributed by atoms with van der Waals surface area (Å²) in [5.74, 6) is 0.647. The van der Waals surface area contributed by atoms with Crippen LogP contribution in [0.1, 0.15) is 19.4 Å². The maximum absolute atomic E-state index is 12.4. The van der Waals surface area contributed by atoms with Crippen LogP contribution >= 0.6 is 24.0 Å². The molecule has 0 fully saturated rings. The van der Waals surface area contributed by atoms with Gasteiger partial charge in [-0.2, -0.15) is 0 Å². The molecule has 6 nitrogen and oxygen atoms in total. The standard InChI is InChI=1S/C17H28N4O2.HI/c1-4-18-17(19-11-12-23-3)20-13-16(22)21(5-2)14-15-9-7-6-8-10-15;/h6-10H,4-5,11-14H2,1-3H3,(H2,18,19,20);1H. The normalized spacial score (nSPS) is 10.7. The summed E-state index contributed by atoms with van der Waals surface area (Å²) in [7, 11) is 1.65. The van der Waals surface area contributed by atoms with E-state index in [1.165, 1.54) is 0 Å². The Bertz CT molecular complexity index is 483. The van der Waals surface area contributed by atoms with Crippen molar-refractivity contribution in [2.45, 2.75) is 20.4 Å². The molecule has 0 saturated carbocycles. The first kappa shape index (κ1) is 22.6. The topological polar surface area (TPSA) is 66.0 Å². The first-order valence-electron chi connectivity index (χ1n) is 8.04. The summed E-state index contributed by atoms with van der Waals surface area (Å²) in [6.45, 7) is 7.36. The lowest BCUT2D eigenvalue weighted by atomic mass is 10.2. The van der Waals surface area contributed by atoms with Gasteiger partial charge in [-0.25, -0.2) is 4.99 Å². The number of nitrogens with one attached hydrogen (secondary N) is 2. The van der Waals surface area contributed by atoms with Crippen molar-refractivity contribution in [3.63, 3.8) is 0 Å². The number of hydrogen-bond donors (Lipinski definition) is 2. The number of likely N-dealkylation sites (N-methyl/N-ethyl adjacent to an activating group) is 1. The summed E-state index contributed by atoms with van der Waals surface area (Å²) in [6.07, 6.45) is 0. The number of carbonyl (C=O) groups excluding carboxylic acids is 1. The minimum atomic E-state index is 0. The minimum absolute atomic E-state index is 0. The zero-order valence-electron chi connectivity index (χ0n) is 14.7. The van der Waals surface area contributed by atoms with Crippen LogP contribution in [0.5, 0.6) is 0 Å². The number of carbonyl (C=O) groups is 1. The SMILES string of the molecule is CCNC(=NCC(=O)N(CC)Cc1ccccc1)NCCOC.I. The van der Waals surface area contributed by atoms with E-state index in [1.54, 1.807) is 12.0 Å². The minimum Gasteiger partial charge on any atom is -0.383 e. The van der Waals surface area contributed by atoms with Gasteiger partial charge >= 0.3 is 0 Å². The molecule has 136 valence electrons. The van der Waals surface area contributed by atoms with E-state index in [-0.39, 0.29) is 36.4 Å². The number of hydrogen-bond acceptors (Lipinski definition) is 3. The maximum Gasteiger partial charge on any atom is 0.244 e. The van der Waals surface area contributed by atoms with Crippen molar-refractivity contribution in [2.75, 3.05) is 39.9 Å². The van der Waals surface area contributed by atoms with Gasteiger partial charge in [0.2, 0.25) is 5.91 Å². The molecule has 0 aliphatic rings. The van der Waals surface area contributed by atoms with Crippen LogP contribution < -0.4 is 10.6 Å². The van der Waals surface area contributed by atoms with E-state index >= 15 is 0 Å². The van der Waals surface area contributed by atoms with Crippen molar-refractivity contribution < 1.29 is 9.53 Å². The fraction of sp³-hybridized carbons (Fsp3) is 0.529. The molecule has 0 radical (unpaired) electrons. The van der Waals surface area contributed by atoms with Crippen LogP contribution in [0.25, 0.3) is 0 Å². The first-order chi connectivity index (χ1) is 11.2. The van der Waals surface area contributed by atoms with Gasteiger partial charge in [0.1, 0.15) is 6.54 Å². The molecular formula is C17H29IN4O2. The third-order valence-electron chi connectivity index (χ3n) is 3.27. The van der Waals surface area contributed by atoms with Gasteiger partial charge in [0.05, 0.1) is 6.61 Å². The number of guanidine groups is 1. The van der Waals surface area contributed by atoms with Crippen LogP contribution in [-0.2, 0) is 16.1 Å². The number of halogens is 1. The average Bonchev–Trinajstić information content (AvgIpc) is 2.58. The molecule has 0 aliphatic carbocycles. The highest BCUT2D eigenvalue weighted by atomic mass is 127. The first-order valence-corrected chi connectivity index (χ1v) is 8.04. The molecule has 0 aliphatic heterocycles. The Labute approximate surface area is 162 Å². The van der Waals surface area contributed by atoms with E-state index in [1.807, 2.05) is 44.2 Å². The summed E-state index contributed by atoms with van der Waals surface area (Å²) < 4.78 is 5.00. The van der Waals surface area contributed by atoms with E-state index in [0.29, 0.717) is 32.2 Å². The summed E-state index contributed by atoms with van der Waals surface area (Å²) in [5.41, 5.74) is 1.12. The fourth-order valence-electron chi connectivity index (χ4n) is 2.04. The Kier molecular flexibility index (Phi) is 13.2. The second-order valence-electron chi connectivity index (χ2n) is 5.01. The molecule has 7 heteroatoms. The number of rotatable bonds is 9. The summed E-state index contributed by atoms with van der Waals surface area (Å²) >= 11 is 0. The molecule has 1 aromatic rings. The Morgan fingerprint density at radius 1 is 1.21 bits per heavy atom. The van der Waals surface area contributed by atoms with Crippen LogP contribution in [0.3, 0.4) is 0 Å². The second kappa shape index (κ2) is 14.0. The van der Waals surface area contributed by atoms with E-state index < -0.39 is 0 Å². The quantitative estimate of drug-likeness (QED) is 0.262. The number of methoxy groups -OCH3 is 1. The van der Waals surface area contributed by atoms with Gasteiger partial charge in [0, 0.05) is 33.3 Å². The van der Waals surface area contributed by atoms with Crippen molar-refractivity contribution in [1.29, 1.82) is 0 Å². The van der Waals surface area contributed by atoms with Crippen molar-refractivity contribution in [3.05, 3.63) is 35.9 Å². The molecule has 0 aromatic heterocycles. The van der Waals surface area contributed by atoms with Gasteiger partial charge < -0.3 is 20.3 Å². The summed E-state index contributed by atoms with van der Waals surface area (Å²) in [4.78, 5) is 18.5. The monoisotopic (exact) mass is 448 g/mol. The van der Waals surface area contributed by atoms with E-state index in [9.17, 15) is 4.79 Å². The Morgan fingerprint density at radius 3 is 2.50 bits per heavy atom. The molecule has 0 heterocycles. The van der Waals surface area contributed by atoms with Crippen LogP contribution in [0.4, 0.5) is 0 Å². The number of ether oxygens (including phenoxy) is 1. The summed E-state index contributed by atoms with van der Waals surface area (Å²) in [6, 6.07) is 9.98. The third-order valence-corrected chi connectivity index (χ3v) is 3.27. The predicted molar refractivity (Wildman–Crippen MR) is 109 cm³/mol. The third kappa shape index (κ3) is 9.07. The number of amides is 1. The molecule has 0 unspecified atom stereocenters. The smallest absolute Gasteiger partial charge is 0.244 e. The van der Waals surface area contributed by atoms with Crippen molar-refractivity contribution in [3.8, 4) is 0 Å². The van der Waals surface area contributed by atoms with Crippen LogP contribution in [0, 0.1) is 0 Å². The largest absolute Gasteiger partial charge is 0.383 e. The Balaban J connectivity index is 0.00000529. The molecule has 1 amide bonds. The highest BCUT2D eigenvalue weighted by molar-refractivity contribution is 14.0. The van der Waals surface area contributed by atoms with E-state index in [0.717, 1.165) is 12.1 Å². The van der Waals surface area contributed by atoms with Crippen molar-refractivity contribution in [2.24, 2.45) is 4.99 Å². The molecule has 0 bridgehead atoms. The van der Waals surface area contributed by atoms with Gasteiger partial charge in [0.25, 0.3) is 0 Å². The zero-order chi connectivity index (χ0) is 16.9. The number of nitrogens with zero attached hydrogens (tertiary/aromatic N) is 2. The molecule has 2 N–H and O–H groups in total. The zero-order valence-corrected chi connectivity index (χ0v) is 17.1. The van der Waals surface area contributed by atoms with Crippen molar-refractivity contribution in [1.82, 2.24) is 15.5 Å². The lowest BCUT2D eigenvalue weighted by Crippen LogP contribution is -2.40. The van der Waals surface area contributed by atoms with Gasteiger partial charge in [-0.1, -0.05) is 30.3 Å².